The predicted molar refractivity (Wildman–Crippen MR) is 136 cm³/mol. The van der Waals surface area contributed by atoms with Crippen molar-refractivity contribution in [1.29, 1.82) is 0 Å². The Labute approximate surface area is 210 Å². The fraction of sp³-hybridized carbons (Fsp3) is 0.444. The molecule has 0 aliphatic carbocycles. The SMILES string of the molecule is COc1cccc(CC(C2CCN(C(=O)Cc3c(C)noc3C)CC2)N(C)C(=O)c2ccsc2)c1. The van der Waals surface area contributed by atoms with Crippen molar-refractivity contribution in [3.05, 3.63) is 69.2 Å². The molecule has 4 rings (SSSR count). The summed E-state index contributed by atoms with van der Waals surface area (Å²) in [6.45, 7) is 5.08. The van der Waals surface area contributed by atoms with Crippen LogP contribution in [0.15, 0.2) is 45.6 Å². The summed E-state index contributed by atoms with van der Waals surface area (Å²) in [6.07, 6.45) is 2.75. The Hall–Kier alpha value is -3.13. The molecule has 1 saturated heterocycles. The third kappa shape index (κ3) is 5.75. The van der Waals surface area contributed by atoms with Crippen molar-refractivity contribution in [2.75, 3.05) is 27.2 Å². The van der Waals surface area contributed by atoms with Crippen molar-refractivity contribution >= 4 is 23.2 Å². The number of likely N-dealkylation sites (tertiary alicyclic amines) is 1. The molecule has 1 fully saturated rings. The van der Waals surface area contributed by atoms with Gasteiger partial charge in [0.1, 0.15) is 11.5 Å². The van der Waals surface area contributed by atoms with Gasteiger partial charge in [-0.2, -0.15) is 11.3 Å². The zero-order valence-electron chi connectivity index (χ0n) is 20.8. The lowest BCUT2D eigenvalue weighted by atomic mass is 9.84. The standard InChI is InChI=1S/C27H33N3O4S/c1-18-24(19(2)34-28-18)16-26(31)30-11-8-21(9-12-30)25(15-20-6-5-7-23(14-20)33-4)29(3)27(32)22-10-13-35-17-22/h5-7,10,13-14,17,21,25H,8-9,11-12,15-16H2,1-4H3. The normalized spacial score (nSPS) is 15.1. The van der Waals surface area contributed by atoms with Gasteiger partial charge in [-0.15, -0.1) is 0 Å². The molecule has 3 aromatic rings. The van der Waals surface area contributed by atoms with Gasteiger partial charge in [0.05, 0.1) is 24.8 Å². The fourth-order valence-corrected chi connectivity index (χ4v) is 5.58. The van der Waals surface area contributed by atoms with E-state index in [4.69, 9.17) is 9.26 Å². The minimum atomic E-state index is 0.0225. The number of aromatic nitrogens is 1. The first kappa shape index (κ1) is 25.0. The van der Waals surface area contributed by atoms with E-state index in [2.05, 4.69) is 11.2 Å². The molecule has 1 aromatic carbocycles. The number of methoxy groups -OCH3 is 1. The lowest BCUT2D eigenvalue weighted by molar-refractivity contribution is -0.132. The second kappa shape index (κ2) is 11.1. The van der Waals surface area contributed by atoms with E-state index in [0.717, 1.165) is 47.4 Å². The molecule has 8 heteroatoms. The van der Waals surface area contributed by atoms with Gasteiger partial charge in [0, 0.05) is 37.1 Å². The van der Waals surface area contributed by atoms with Crippen molar-refractivity contribution in [3.8, 4) is 5.75 Å². The quantitative estimate of drug-likeness (QED) is 0.459. The first-order chi connectivity index (χ1) is 16.9. The number of nitrogens with zero attached hydrogens (tertiary/aromatic N) is 3. The monoisotopic (exact) mass is 495 g/mol. The van der Waals surface area contributed by atoms with Crippen LogP contribution in [0.25, 0.3) is 0 Å². The number of rotatable bonds is 8. The summed E-state index contributed by atoms with van der Waals surface area (Å²) < 4.78 is 10.6. The summed E-state index contributed by atoms with van der Waals surface area (Å²) in [7, 11) is 3.57. The smallest absolute Gasteiger partial charge is 0.254 e. The van der Waals surface area contributed by atoms with Crippen LogP contribution in [-0.4, -0.2) is 60.1 Å². The minimum absolute atomic E-state index is 0.0225. The van der Waals surface area contributed by atoms with Crippen LogP contribution in [-0.2, 0) is 17.6 Å². The van der Waals surface area contributed by atoms with E-state index >= 15 is 0 Å². The largest absolute Gasteiger partial charge is 0.497 e. The molecule has 0 saturated carbocycles. The maximum Gasteiger partial charge on any atom is 0.254 e. The number of carbonyl (C=O) groups excluding carboxylic acids is 2. The summed E-state index contributed by atoms with van der Waals surface area (Å²) in [5.41, 5.74) is 3.52. The molecule has 0 N–H and O–H groups in total. The van der Waals surface area contributed by atoms with Crippen LogP contribution in [0.3, 0.4) is 0 Å². The molecule has 0 radical (unpaired) electrons. The summed E-state index contributed by atoms with van der Waals surface area (Å²) >= 11 is 1.53. The number of benzene rings is 1. The first-order valence-electron chi connectivity index (χ1n) is 12.0. The highest BCUT2D eigenvalue weighted by molar-refractivity contribution is 7.08. The molecule has 1 atom stereocenters. The molecule has 35 heavy (non-hydrogen) atoms. The number of ether oxygens (including phenoxy) is 1. The highest BCUT2D eigenvalue weighted by Crippen LogP contribution is 2.29. The van der Waals surface area contributed by atoms with Gasteiger partial charge in [-0.1, -0.05) is 17.3 Å². The third-order valence-electron chi connectivity index (χ3n) is 7.11. The molecule has 2 aromatic heterocycles. The molecule has 7 nitrogen and oxygen atoms in total. The number of carbonyl (C=O) groups is 2. The van der Waals surface area contributed by atoms with E-state index in [1.165, 1.54) is 11.3 Å². The number of amides is 2. The van der Waals surface area contributed by atoms with Crippen LogP contribution in [0.4, 0.5) is 0 Å². The van der Waals surface area contributed by atoms with E-state index in [0.29, 0.717) is 25.3 Å². The van der Waals surface area contributed by atoms with Gasteiger partial charge in [-0.05, 0) is 68.2 Å². The predicted octanol–water partition coefficient (Wildman–Crippen LogP) is 4.53. The molecular weight excluding hydrogens is 462 g/mol. The summed E-state index contributed by atoms with van der Waals surface area (Å²) in [4.78, 5) is 30.1. The summed E-state index contributed by atoms with van der Waals surface area (Å²) in [5.74, 6) is 1.95. The zero-order chi connectivity index (χ0) is 24.9. The minimum Gasteiger partial charge on any atom is -0.497 e. The fourth-order valence-electron chi connectivity index (χ4n) is 4.95. The van der Waals surface area contributed by atoms with Crippen LogP contribution in [0.1, 0.15) is 45.8 Å². The Morgan fingerprint density at radius 1 is 1.26 bits per heavy atom. The Morgan fingerprint density at radius 2 is 2.03 bits per heavy atom. The number of likely N-dealkylation sites (N-methyl/N-ethyl adjacent to an activating group) is 1. The number of hydrogen-bond acceptors (Lipinski definition) is 6. The zero-order valence-corrected chi connectivity index (χ0v) is 21.6. The Morgan fingerprint density at radius 3 is 2.66 bits per heavy atom. The van der Waals surface area contributed by atoms with Crippen LogP contribution < -0.4 is 4.74 Å². The molecule has 2 amide bonds. The Balaban J connectivity index is 1.47. The maximum atomic E-state index is 13.2. The molecular formula is C27H33N3O4S. The molecule has 1 unspecified atom stereocenters. The van der Waals surface area contributed by atoms with Gasteiger partial charge in [0.25, 0.3) is 5.91 Å². The van der Waals surface area contributed by atoms with Crippen molar-refractivity contribution < 1.29 is 18.8 Å². The van der Waals surface area contributed by atoms with Crippen LogP contribution in [0.2, 0.25) is 0 Å². The van der Waals surface area contributed by atoms with Gasteiger partial charge < -0.3 is 19.1 Å². The van der Waals surface area contributed by atoms with E-state index in [1.54, 1.807) is 7.11 Å². The average molecular weight is 496 g/mol. The average Bonchev–Trinajstić information content (AvgIpc) is 3.53. The maximum absolute atomic E-state index is 13.2. The number of thiophene rings is 1. The lowest BCUT2D eigenvalue weighted by Crippen LogP contribution is -2.48. The van der Waals surface area contributed by atoms with Gasteiger partial charge in [-0.25, -0.2) is 0 Å². The van der Waals surface area contributed by atoms with E-state index in [9.17, 15) is 9.59 Å². The van der Waals surface area contributed by atoms with Crippen molar-refractivity contribution in [3.63, 3.8) is 0 Å². The van der Waals surface area contributed by atoms with E-state index < -0.39 is 0 Å². The van der Waals surface area contributed by atoms with Crippen LogP contribution in [0.5, 0.6) is 5.75 Å². The highest BCUT2D eigenvalue weighted by Gasteiger charge is 2.33. The Kier molecular flexibility index (Phi) is 7.90. The van der Waals surface area contributed by atoms with Crippen molar-refractivity contribution in [2.45, 2.75) is 45.6 Å². The summed E-state index contributed by atoms with van der Waals surface area (Å²) in [5, 5.41) is 7.80. The third-order valence-corrected chi connectivity index (χ3v) is 7.79. The first-order valence-corrected chi connectivity index (χ1v) is 12.9. The molecule has 1 aliphatic rings. The number of hydrogen-bond donors (Lipinski definition) is 0. The van der Waals surface area contributed by atoms with Gasteiger partial charge in [0.2, 0.25) is 5.91 Å². The van der Waals surface area contributed by atoms with Crippen LogP contribution >= 0.6 is 11.3 Å². The van der Waals surface area contributed by atoms with E-state index in [-0.39, 0.29) is 23.8 Å². The summed E-state index contributed by atoms with van der Waals surface area (Å²) in [6, 6.07) is 9.94. The highest BCUT2D eigenvalue weighted by atomic mass is 32.1. The molecule has 0 bridgehead atoms. The van der Waals surface area contributed by atoms with Crippen molar-refractivity contribution in [2.24, 2.45) is 5.92 Å². The van der Waals surface area contributed by atoms with Gasteiger partial charge in [-0.3, -0.25) is 9.59 Å². The van der Waals surface area contributed by atoms with E-state index in [1.807, 2.05) is 65.7 Å². The number of aryl methyl sites for hydroxylation is 2. The second-order valence-corrected chi connectivity index (χ2v) is 10.0. The van der Waals surface area contributed by atoms with Gasteiger partial charge in [0.15, 0.2) is 0 Å². The molecule has 0 spiro atoms. The topological polar surface area (TPSA) is 75.9 Å². The van der Waals surface area contributed by atoms with Crippen LogP contribution in [0, 0.1) is 19.8 Å². The second-order valence-electron chi connectivity index (χ2n) is 9.25. The molecule has 3 heterocycles. The number of piperidine rings is 1. The molecule has 186 valence electrons. The van der Waals surface area contributed by atoms with Gasteiger partial charge >= 0.3 is 0 Å². The molecule has 1 aliphatic heterocycles. The van der Waals surface area contributed by atoms with Crippen molar-refractivity contribution in [1.82, 2.24) is 15.0 Å². The Bertz CT molecular complexity index is 1130. The lowest BCUT2D eigenvalue weighted by Gasteiger charge is -2.40.